The summed E-state index contributed by atoms with van der Waals surface area (Å²) in [5.74, 6) is 1.29. The van der Waals surface area contributed by atoms with Crippen LogP contribution in [0.15, 0.2) is 36.7 Å². The van der Waals surface area contributed by atoms with Gasteiger partial charge in [0.1, 0.15) is 18.0 Å². The summed E-state index contributed by atoms with van der Waals surface area (Å²) in [5, 5.41) is 11.0. The molecule has 0 fully saturated rings. The fourth-order valence-electron chi connectivity index (χ4n) is 2.05. The molecule has 0 bridgehead atoms. The van der Waals surface area contributed by atoms with E-state index in [1.54, 1.807) is 6.92 Å². The van der Waals surface area contributed by atoms with Crippen LogP contribution in [0.5, 0.6) is 0 Å². The van der Waals surface area contributed by atoms with E-state index in [0.29, 0.717) is 28.8 Å². The van der Waals surface area contributed by atoms with E-state index in [1.165, 1.54) is 11.9 Å². The SMILES string of the molecule is CC.CC.CC(=N)c1c(N)ncnc1NCC(C)c1ccccc1. The van der Waals surface area contributed by atoms with Crippen LogP contribution in [-0.4, -0.2) is 22.2 Å². The summed E-state index contributed by atoms with van der Waals surface area (Å²) in [5.41, 5.74) is 8.00. The molecule has 2 aromatic rings. The van der Waals surface area contributed by atoms with E-state index in [0.717, 1.165) is 6.54 Å². The van der Waals surface area contributed by atoms with Crippen molar-refractivity contribution < 1.29 is 0 Å². The van der Waals surface area contributed by atoms with Crippen LogP contribution < -0.4 is 11.1 Å². The monoisotopic (exact) mass is 329 g/mol. The van der Waals surface area contributed by atoms with Gasteiger partial charge in [-0.15, -0.1) is 0 Å². The Bertz CT molecular complexity index is 596. The van der Waals surface area contributed by atoms with Gasteiger partial charge in [-0.25, -0.2) is 9.97 Å². The number of nitrogen functional groups attached to an aromatic ring is 1. The molecular weight excluding hydrogens is 298 g/mol. The number of nitrogens with one attached hydrogen (secondary N) is 2. The van der Waals surface area contributed by atoms with Crippen molar-refractivity contribution in [1.29, 1.82) is 5.41 Å². The summed E-state index contributed by atoms with van der Waals surface area (Å²) >= 11 is 0. The van der Waals surface area contributed by atoms with Crippen molar-refractivity contribution in [2.45, 2.75) is 47.5 Å². The number of nitrogens with zero attached hydrogens (tertiary/aromatic N) is 2. The van der Waals surface area contributed by atoms with Crippen LogP contribution in [0.3, 0.4) is 0 Å². The Morgan fingerprint density at radius 1 is 1.12 bits per heavy atom. The summed E-state index contributed by atoms with van der Waals surface area (Å²) in [6.07, 6.45) is 1.41. The summed E-state index contributed by atoms with van der Waals surface area (Å²) in [7, 11) is 0. The lowest BCUT2D eigenvalue weighted by Crippen LogP contribution is -2.15. The molecule has 1 aromatic heterocycles. The van der Waals surface area contributed by atoms with Gasteiger partial charge in [-0.05, 0) is 18.4 Å². The highest BCUT2D eigenvalue weighted by molar-refractivity contribution is 6.04. The highest BCUT2D eigenvalue weighted by atomic mass is 15.0. The van der Waals surface area contributed by atoms with Gasteiger partial charge >= 0.3 is 0 Å². The molecule has 1 heterocycles. The molecule has 0 aliphatic heterocycles. The lowest BCUT2D eigenvalue weighted by atomic mass is 10.0. The van der Waals surface area contributed by atoms with Gasteiger partial charge in [-0.1, -0.05) is 65.0 Å². The minimum absolute atomic E-state index is 0.336. The first-order valence-corrected chi connectivity index (χ1v) is 8.54. The number of anilines is 2. The van der Waals surface area contributed by atoms with E-state index in [2.05, 4.69) is 34.3 Å². The third-order valence-corrected chi connectivity index (χ3v) is 3.20. The standard InChI is InChI=1S/C15H19N5.2C2H6/c1-10(12-6-4-3-5-7-12)8-18-15-13(11(2)16)14(17)19-9-20-15;2*1-2/h3-7,9-10,16H,8H2,1-2H3,(H3,17,18,19,20);2*1-2H3. The van der Waals surface area contributed by atoms with Gasteiger partial charge in [-0.3, -0.25) is 0 Å². The Balaban J connectivity index is 0.00000123. The van der Waals surface area contributed by atoms with Crippen LogP contribution in [0.4, 0.5) is 11.6 Å². The Morgan fingerprint density at radius 2 is 1.71 bits per heavy atom. The molecule has 5 heteroatoms. The molecule has 0 aliphatic rings. The van der Waals surface area contributed by atoms with Crippen LogP contribution in [0.2, 0.25) is 0 Å². The number of rotatable bonds is 5. The summed E-state index contributed by atoms with van der Waals surface area (Å²) in [4.78, 5) is 8.12. The average molecular weight is 329 g/mol. The lowest BCUT2D eigenvalue weighted by molar-refractivity contribution is 0.800. The van der Waals surface area contributed by atoms with Gasteiger partial charge in [0.2, 0.25) is 0 Å². The van der Waals surface area contributed by atoms with Gasteiger partial charge in [0.25, 0.3) is 0 Å². The second kappa shape index (κ2) is 12.0. The molecule has 132 valence electrons. The minimum atomic E-state index is 0.336. The normalized spacial score (nSPS) is 10.4. The maximum atomic E-state index is 7.77. The highest BCUT2D eigenvalue weighted by Crippen LogP contribution is 2.20. The number of hydrogen-bond acceptors (Lipinski definition) is 5. The number of hydrogen-bond donors (Lipinski definition) is 3. The first kappa shape index (κ1) is 21.6. The Hall–Kier alpha value is -2.43. The summed E-state index contributed by atoms with van der Waals surface area (Å²) in [6, 6.07) is 10.3. The predicted octanol–water partition coefficient (Wildman–Crippen LogP) is 4.71. The highest BCUT2D eigenvalue weighted by Gasteiger charge is 2.12. The molecule has 1 atom stereocenters. The van der Waals surface area contributed by atoms with Crippen molar-refractivity contribution in [3.63, 3.8) is 0 Å². The molecule has 0 radical (unpaired) electrons. The summed E-state index contributed by atoms with van der Waals surface area (Å²) in [6.45, 7) is 12.5. The maximum Gasteiger partial charge on any atom is 0.140 e. The van der Waals surface area contributed by atoms with Crippen LogP contribution in [-0.2, 0) is 0 Å². The Kier molecular flexibility index (Phi) is 10.8. The van der Waals surface area contributed by atoms with Crippen molar-refractivity contribution in [2.75, 3.05) is 17.6 Å². The number of nitrogens with two attached hydrogens (primary N) is 1. The molecule has 4 N–H and O–H groups in total. The van der Waals surface area contributed by atoms with Crippen molar-refractivity contribution in [1.82, 2.24) is 9.97 Å². The molecule has 0 aliphatic carbocycles. The van der Waals surface area contributed by atoms with Crippen LogP contribution in [0.25, 0.3) is 0 Å². The van der Waals surface area contributed by atoms with E-state index in [-0.39, 0.29) is 0 Å². The second-order valence-corrected chi connectivity index (χ2v) is 4.80. The van der Waals surface area contributed by atoms with Crippen LogP contribution in [0.1, 0.15) is 58.6 Å². The number of aromatic nitrogens is 2. The van der Waals surface area contributed by atoms with Crippen LogP contribution >= 0.6 is 0 Å². The van der Waals surface area contributed by atoms with Crippen LogP contribution in [0, 0.1) is 5.41 Å². The molecule has 24 heavy (non-hydrogen) atoms. The van der Waals surface area contributed by atoms with Gasteiger partial charge in [0.15, 0.2) is 0 Å². The Labute approximate surface area is 146 Å². The second-order valence-electron chi connectivity index (χ2n) is 4.80. The van der Waals surface area contributed by atoms with Crippen molar-refractivity contribution in [2.24, 2.45) is 0 Å². The van der Waals surface area contributed by atoms with Gasteiger partial charge in [0.05, 0.1) is 5.56 Å². The third-order valence-electron chi connectivity index (χ3n) is 3.20. The molecule has 1 aromatic carbocycles. The zero-order chi connectivity index (χ0) is 18.5. The van der Waals surface area contributed by atoms with E-state index in [1.807, 2.05) is 45.9 Å². The topological polar surface area (TPSA) is 87.7 Å². The van der Waals surface area contributed by atoms with Crippen molar-refractivity contribution in [3.05, 3.63) is 47.8 Å². The molecular formula is C19H31N5. The molecule has 0 spiro atoms. The van der Waals surface area contributed by atoms with Crippen molar-refractivity contribution >= 4 is 17.3 Å². The fourth-order valence-corrected chi connectivity index (χ4v) is 2.05. The molecule has 1 unspecified atom stereocenters. The van der Waals surface area contributed by atoms with E-state index in [4.69, 9.17) is 11.1 Å². The van der Waals surface area contributed by atoms with Gasteiger partial charge in [-0.2, -0.15) is 0 Å². The quantitative estimate of drug-likeness (QED) is 0.693. The zero-order valence-electron chi connectivity index (χ0n) is 15.7. The van der Waals surface area contributed by atoms with E-state index in [9.17, 15) is 0 Å². The van der Waals surface area contributed by atoms with E-state index >= 15 is 0 Å². The van der Waals surface area contributed by atoms with Gasteiger partial charge < -0.3 is 16.5 Å². The van der Waals surface area contributed by atoms with Gasteiger partial charge in [0, 0.05) is 12.3 Å². The third kappa shape index (κ3) is 6.36. The first-order chi connectivity index (χ1) is 11.6. The largest absolute Gasteiger partial charge is 0.383 e. The average Bonchev–Trinajstić information content (AvgIpc) is 2.63. The fraction of sp³-hybridized carbons (Fsp3) is 0.421. The van der Waals surface area contributed by atoms with E-state index < -0.39 is 0 Å². The molecule has 2 rings (SSSR count). The number of benzene rings is 1. The smallest absolute Gasteiger partial charge is 0.140 e. The predicted molar refractivity (Wildman–Crippen MR) is 105 cm³/mol. The maximum absolute atomic E-state index is 7.77. The minimum Gasteiger partial charge on any atom is -0.383 e. The molecule has 0 saturated heterocycles. The van der Waals surface area contributed by atoms with Crippen molar-refractivity contribution in [3.8, 4) is 0 Å². The molecule has 0 saturated carbocycles. The lowest BCUT2D eigenvalue weighted by Gasteiger charge is -2.16. The first-order valence-electron chi connectivity index (χ1n) is 8.54. The molecule has 0 amide bonds. The molecule has 5 nitrogen and oxygen atoms in total. The Morgan fingerprint density at radius 3 is 2.25 bits per heavy atom. The summed E-state index contributed by atoms with van der Waals surface area (Å²) < 4.78 is 0. The zero-order valence-corrected chi connectivity index (χ0v) is 15.7.